The second-order valence-electron chi connectivity index (χ2n) is 5.13. The molecule has 1 N–H and O–H groups in total. The molecule has 1 saturated carbocycles. The summed E-state index contributed by atoms with van der Waals surface area (Å²) in [5.41, 5.74) is 1.02. The van der Waals surface area contributed by atoms with Gasteiger partial charge in [0.2, 0.25) is 0 Å². The van der Waals surface area contributed by atoms with Crippen molar-refractivity contribution in [1.82, 2.24) is 4.90 Å². The third-order valence-electron chi connectivity index (χ3n) is 3.94. The molecular formula is C14H18FN3. The van der Waals surface area contributed by atoms with E-state index in [-0.39, 0.29) is 11.1 Å². The molecule has 2 rings (SSSR count). The summed E-state index contributed by atoms with van der Waals surface area (Å²) >= 11 is 0. The Morgan fingerprint density at radius 2 is 2.17 bits per heavy atom. The number of halogens is 1. The van der Waals surface area contributed by atoms with Crippen LogP contribution in [0.5, 0.6) is 0 Å². The zero-order valence-electron chi connectivity index (χ0n) is 10.8. The lowest BCUT2D eigenvalue weighted by Crippen LogP contribution is -2.54. The van der Waals surface area contributed by atoms with Gasteiger partial charge in [0.1, 0.15) is 11.9 Å². The molecule has 0 unspecified atom stereocenters. The molecule has 0 saturated heterocycles. The zero-order valence-corrected chi connectivity index (χ0v) is 10.8. The van der Waals surface area contributed by atoms with Gasteiger partial charge < -0.3 is 10.2 Å². The van der Waals surface area contributed by atoms with Crippen LogP contribution in [0, 0.1) is 17.1 Å². The zero-order chi connectivity index (χ0) is 13.2. The smallest absolute Gasteiger partial charge is 0.143 e. The van der Waals surface area contributed by atoms with Crippen molar-refractivity contribution in [2.24, 2.45) is 0 Å². The summed E-state index contributed by atoms with van der Waals surface area (Å²) in [4.78, 5) is 2.24. The van der Waals surface area contributed by atoms with Gasteiger partial charge in [-0.05, 0) is 51.6 Å². The molecule has 0 atom stereocenters. The molecule has 1 fully saturated rings. The molecule has 3 nitrogen and oxygen atoms in total. The maximum Gasteiger partial charge on any atom is 0.143 e. The van der Waals surface area contributed by atoms with Crippen molar-refractivity contribution < 1.29 is 4.39 Å². The minimum atomic E-state index is -0.463. The fourth-order valence-corrected chi connectivity index (χ4v) is 2.35. The van der Waals surface area contributed by atoms with Crippen LogP contribution in [-0.2, 0) is 0 Å². The minimum Gasteiger partial charge on any atom is -0.383 e. The number of hydrogen-bond acceptors (Lipinski definition) is 3. The van der Waals surface area contributed by atoms with E-state index in [1.807, 2.05) is 6.07 Å². The quantitative estimate of drug-likeness (QED) is 0.889. The van der Waals surface area contributed by atoms with E-state index in [0.717, 1.165) is 12.2 Å². The number of anilines is 1. The average molecular weight is 247 g/mol. The van der Waals surface area contributed by atoms with E-state index in [4.69, 9.17) is 5.26 Å². The number of hydrogen-bond donors (Lipinski definition) is 1. The van der Waals surface area contributed by atoms with Crippen LogP contribution < -0.4 is 5.32 Å². The van der Waals surface area contributed by atoms with E-state index in [2.05, 4.69) is 24.3 Å². The molecule has 0 amide bonds. The summed E-state index contributed by atoms with van der Waals surface area (Å²) < 4.78 is 13.5. The standard InChI is InChI=1S/C14H18FN3/c1-18(2)14(6-3-7-14)10-17-12-5-4-11(9-16)13(15)8-12/h4-5,8,17H,3,6-7,10H2,1-2H3. The van der Waals surface area contributed by atoms with Crippen molar-refractivity contribution in [3.63, 3.8) is 0 Å². The summed E-state index contributed by atoms with van der Waals surface area (Å²) in [6.45, 7) is 0.811. The molecule has 1 aromatic rings. The largest absolute Gasteiger partial charge is 0.383 e. The summed E-state index contributed by atoms with van der Waals surface area (Å²) in [6, 6.07) is 6.48. The number of likely N-dealkylation sites (N-methyl/N-ethyl adjacent to an activating group) is 1. The first-order valence-corrected chi connectivity index (χ1v) is 6.18. The van der Waals surface area contributed by atoms with Gasteiger partial charge in [0.15, 0.2) is 0 Å². The SMILES string of the molecule is CN(C)C1(CNc2ccc(C#N)c(F)c2)CCC1. The number of nitrogens with zero attached hydrogens (tertiary/aromatic N) is 2. The Morgan fingerprint density at radius 1 is 1.44 bits per heavy atom. The fourth-order valence-electron chi connectivity index (χ4n) is 2.35. The number of benzene rings is 1. The minimum absolute atomic E-state index is 0.0894. The van der Waals surface area contributed by atoms with Gasteiger partial charge in [0.05, 0.1) is 5.56 Å². The number of nitrogens with one attached hydrogen (secondary N) is 1. The van der Waals surface area contributed by atoms with Crippen LogP contribution in [0.1, 0.15) is 24.8 Å². The van der Waals surface area contributed by atoms with E-state index in [0.29, 0.717) is 0 Å². The molecule has 96 valence electrons. The van der Waals surface area contributed by atoms with Gasteiger partial charge in [-0.3, -0.25) is 0 Å². The van der Waals surface area contributed by atoms with Crippen LogP contribution in [0.2, 0.25) is 0 Å². The fraction of sp³-hybridized carbons (Fsp3) is 0.500. The number of rotatable bonds is 4. The highest BCUT2D eigenvalue weighted by atomic mass is 19.1. The summed E-state index contributed by atoms with van der Waals surface area (Å²) in [5.74, 6) is -0.463. The monoisotopic (exact) mass is 247 g/mol. The molecule has 0 radical (unpaired) electrons. The van der Waals surface area contributed by atoms with Crippen LogP contribution >= 0.6 is 0 Å². The van der Waals surface area contributed by atoms with Crippen molar-refractivity contribution >= 4 is 5.69 Å². The van der Waals surface area contributed by atoms with E-state index < -0.39 is 5.82 Å². The van der Waals surface area contributed by atoms with Gasteiger partial charge >= 0.3 is 0 Å². The van der Waals surface area contributed by atoms with Gasteiger partial charge in [-0.1, -0.05) is 0 Å². The summed E-state index contributed by atoms with van der Waals surface area (Å²) in [6.07, 6.45) is 3.60. The Labute approximate surface area is 107 Å². The van der Waals surface area contributed by atoms with Crippen LogP contribution in [0.3, 0.4) is 0 Å². The molecule has 0 heterocycles. The van der Waals surface area contributed by atoms with Crippen LogP contribution in [0.25, 0.3) is 0 Å². The third-order valence-corrected chi connectivity index (χ3v) is 3.94. The van der Waals surface area contributed by atoms with E-state index in [1.54, 1.807) is 6.07 Å². The molecule has 1 aromatic carbocycles. The van der Waals surface area contributed by atoms with Crippen LogP contribution in [0.4, 0.5) is 10.1 Å². The number of nitriles is 1. The summed E-state index contributed by atoms with van der Waals surface area (Å²) in [5, 5.41) is 11.9. The predicted molar refractivity (Wildman–Crippen MR) is 69.9 cm³/mol. The van der Waals surface area contributed by atoms with Gasteiger partial charge in [-0.15, -0.1) is 0 Å². The first-order chi connectivity index (χ1) is 8.57. The van der Waals surface area contributed by atoms with Crippen molar-refractivity contribution in [3.05, 3.63) is 29.6 Å². The second-order valence-corrected chi connectivity index (χ2v) is 5.13. The Kier molecular flexibility index (Phi) is 3.53. The maximum atomic E-state index is 13.5. The Morgan fingerprint density at radius 3 is 2.61 bits per heavy atom. The Bertz CT molecular complexity index is 472. The molecule has 0 bridgehead atoms. The summed E-state index contributed by atoms with van der Waals surface area (Å²) in [7, 11) is 4.17. The first-order valence-electron chi connectivity index (χ1n) is 6.18. The highest BCUT2D eigenvalue weighted by Gasteiger charge is 2.38. The van der Waals surface area contributed by atoms with Crippen molar-refractivity contribution in [2.45, 2.75) is 24.8 Å². The Balaban J connectivity index is 2.02. The molecule has 0 aliphatic heterocycles. The van der Waals surface area contributed by atoms with E-state index in [9.17, 15) is 4.39 Å². The van der Waals surface area contributed by atoms with E-state index >= 15 is 0 Å². The lowest BCUT2D eigenvalue weighted by Gasteiger charge is -2.47. The lowest BCUT2D eigenvalue weighted by atomic mass is 9.75. The first kappa shape index (κ1) is 12.8. The molecule has 1 aliphatic rings. The molecule has 1 aliphatic carbocycles. The molecule has 0 aromatic heterocycles. The van der Waals surface area contributed by atoms with Crippen LogP contribution in [-0.4, -0.2) is 31.1 Å². The topological polar surface area (TPSA) is 39.1 Å². The predicted octanol–water partition coefficient (Wildman–Crippen LogP) is 2.59. The lowest BCUT2D eigenvalue weighted by molar-refractivity contribution is 0.0739. The molecular weight excluding hydrogens is 229 g/mol. The molecule has 4 heteroatoms. The highest BCUT2D eigenvalue weighted by Crippen LogP contribution is 2.36. The molecule has 0 spiro atoms. The average Bonchev–Trinajstić information content (AvgIpc) is 2.27. The van der Waals surface area contributed by atoms with Gasteiger partial charge in [0.25, 0.3) is 0 Å². The highest BCUT2D eigenvalue weighted by molar-refractivity contribution is 5.48. The van der Waals surface area contributed by atoms with Crippen LogP contribution in [0.15, 0.2) is 18.2 Å². The molecule has 18 heavy (non-hydrogen) atoms. The van der Waals surface area contributed by atoms with Gasteiger partial charge in [-0.25, -0.2) is 4.39 Å². The van der Waals surface area contributed by atoms with Crippen molar-refractivity contribution in [1.29, 1.82) is 5.26 Å². The van der Waals surface area contributed by atoms with E-state index in [1.165, 1.54) is 31.4 Å². The Hall–Kier alpha value is -1.60. The second kappa shape index (κ2) is 4.95. The van der Waals surface area contributed by atoms with Gasteiger partial charge in [0, 0.05) is 17.8 Å². The normalized spacial score (nSPS) is 17.1. The van der Waals surface area contributed by atoms with Crippen molar-refractivity contribution in [3.8, 4) is 6.07 Å². The third kappa shape index (κ3) is 2.32. The maximum absolute atomic E-state index is 13.5. The van der Waals surface area contributed by atoms with Gasteiger partial charge in [-0.2, -0.15) is 5.26 Å². The van der Waals surface area contributed by atoms with Crippen molar-refractivity contribution in [2.75, 3.05) is 26.0 Å².